The summed E-state index contributed by atoms with van der Waals surface area (Å²) in [5, 5.41) is 0. The van der Waals surface area contributed by atoms with E-state index in [1.165, 1.54) is 11.4 Å². The predicted molar refractivity (Wildman–Crippen MR) is 85.9 cm³/mol. The van der Waals surface area contributed by atoms with Gasteiger partial charge in [0.15, 0.2) is 5.78 Å². The highest BCUT2D eigenvalue weighted by atomic mass is 32.2. The van der Waals surface area contributed by atoms with Crippen molar-refractivity contribution in [2.75, 3.05) is 50.5 Å². The quantitative estimate of drug-likeness (QED) is 0.729. The maximum atomic E-state index is 12.3. The first-order chi connectivity index (χ1) is 10.4. The first-order valence-electron chi connectivity index (χ1n) is 7.25. The van der Waals surface area contributed by atoms with Crippen LogP contribution in [0.4, 0.5) is 5.69 Å². The summed E-state index contributed by atoms with van der Waals surface area (Å²) in [4.78, 5) is 14.5. The number of benzene rings is 1. The molecule has 122 valence electrons. The summed E-state index contributed by atoms with van der Waals surface area (Å²) in [5.74, 6) is 0.0234. The number of anilines is 1. The second-order valence-electron chi connectivity index (χ2n) is 5.41. The van der Waals surface area contributed by atoms with Crippen LogP contribution < -0.4 is 4.31 Å². The molecule has 1 aliphatic rings. The molecule has 0 bridgehead atoms. The molecule has 0 unspecified atom stereocenters. The van der Waals surface area contributed by atoms with Crippen LogP contribution in [0.5, 0.6) is 0 Å². The van der Waals surface area contributed by atoms with Crippen LogP contribution in [-0.2, 0) is 14.8 Å². The van der Waals surface area contributed by atoms with Crippen molar-refractivity contribution in [3.63, 3.8) is 0 Å². The molecule has 0 N–H and O–H groups in total. The van der Waals surface area contributed by atoms with E-state index in [4.69, 9.17) is 4.74 Å². The zero-order valence-electron chi connectivity index (χ0n) is 13.0. The molecule has 0 saturated carbocycles. The number of nitrogens with zero attached hydrogens (tertiary/aromatic N) is 2. The molecule has 0 atom stereocenters. The van der Waals surface area contributed by atoms with Gasteiger partial charge in [-0.15, -0.1) is 0 Å². The lowest BCUT2D eigenvalue weighted by molar-refractivity contribution is 0.0370. The molecule has 0 aliphatic carbocycles. The van der Waals surface area contributed by atoms with Gasteiger partial charge in [0, 0.05) is 38.7 Å². The summed E-state index contributed by atoms with van der Waals surface area (Å²) in [6.07, 6.45) is 1.56. The van der Waals surface area contributed by atoms with E-state index in [0.29, 0.717) is 37.4 Å². The first kappa shape index (κ1) is 16.9. The third kappa shape index (κ3) is 4.53. The number of ether oxygens (including phenoxy) is 1. The number of rotatable bonds is 6. The van der Waals surface area contributed by atoms with Crippen molar-refractivity contribution >= 4 is 21.5 Å². The van der Waals surface area contributed by atoms with Crippen LogP contribution in [0.3, 0.4) is 0 Å². The van der Waals surface area contributed by atoms with Crippen LogP contribution in [0, 0.1) is 0 Å². The molecule has 1 aromatic rings. The van der Waals surface area contributed by atoms with Crippen molar-refractivity contribution < 1.29 is 17.9 Å². The highest BCUT2D eigenvalue weighted by Crippen LogP contribution is 2.18. The number of morpholine rings is 1. The fourth-order valence-electron chi connectivity index (χ4n) is 2.30. The summed E-state index contributed by atoms with van der Waals surface area (Å²) < 4.78 is 29.6. The zero-order valence-corrected chi connectivity index (χ0v) is 13.8. The van der Waals surface area contributed by atoms with Crippen LogP contribution >= 0.6 is 0 Å². The van der Waals surface area contributed by atoms with Gasteiger partial charge in [-0.3, -0.25) is 14.0 Å². The van der Waals surface area contributed by atoms with Gasteiger partial charge in [0.1, 0.15) is 0 Å². The highest BCUT2D eigenvalue weighted by Gasteiger charge is 2.16. The van der Waals surface area contributed by atoms with Gasteiger partial charge in [0.2, 0.25) is 10.0 Å². The normalized spacial score (nSPS) is 16.5. The summed E-state index contributed by atoms with van der Waals surface area (Å²) in [7, 11) is -1.85. The number of Topliss-reactive ketones (excluding diaryl/α,β-unsaturated/α-hetero) is 1. The van der Waals surface area contributed by atoms with E-state index in [1.807, 2.05) is 0 Å². The molecule has 6 nitrogen and oxygen atoms in total. The van der Waals surface area contributed by atoms with E-state index in [0.717, 1.165) is 19.3 Å². The number of carbonyl (C=O) groups is 1. The summed E-state index contributed by atoms with van der Waals surface area (Å²) >= 11 is 0. The minimum absolute atomic E-state index is 0.0234. The van der Waals surface area contributed by atoms with E-state index >= 15 is 0 Å². The molecule has 2 rings (SSSR count). The molecular formula is C15H22N2O4S. The number of carbonyl (C=O) groups excluding carboxylic acids is 1. The fraction of sp³-hybridized carbons (Fsp3) is 0.533. The van der Waals surface area contributed by atoms with Gasteiger partial charge in [0.05, 0.1) is 25.2 Å². The summed E-state index contributed by atoms with van der Waals surface area (Å²) in [5.41, 5.74) is 1.04. The Kier molecular flexibility index (Phi) is 5.55. The number of sulfonamides is 1. The number of ketones is 1. The van der Waals surface area contributed by atoms with Gasteiger partial charge in [0.25, 0.3) is 0 Å². The smallest absolute Gasteiger partial charge is 0.231 e. The van der Waals surface area contributed by atoms with E-state index in [2.05, 4.69) is 4.90 Å². The van der Waals surface area contributed by atoms with Crippen molar-refractivity contribution in [3.05, 3.63) is 29.8 Å². The minimum Gasteiger partial charge on any atom is -0.379 e. The molecular weight excluding hydrogens is 304 g/mol. The van der Waals surface area contributed by atoms with Crippen LogP contribution in [0.15, 0.2) is 24.3 Å². The Balaban J connectivity index is 2.00. The monoisotopic (exact) mass is 326 g/mol. The van der Waals surface area contributed by atoms with E-state index in [9.17, 15) is 13.2 Å². The zero-order chi connectivity index (χ0) is 16.2. The number of hydrogen-bond acceptors (Lipinski definition) is 5. The fourth-order valence-corrected chi connectivity index (χ4v) is 2.79. The van der Waals surface area contributed by atoms with Crippen molar-refractivity contribution in [2.24, 2.45) is 0 Å². The van der Waals surface area contributed by atoms with Crippen LogP contribution in [0.25, 0.3) is 0 Å². The predicted octanol–water partition coefficient (Wildman–Crippen LogP) is 0.987. The summed E-state index contributed by atoms with van der Waals surface area (Å²) in [6.45, 7) is 3.83. The Labute approximate surface area is 131 Å². The maximum Gasteiger partial charge on any atom is 0.231 e. The van der Waals surface area contributed by atoms with Gasteiger partial charge in [-0.05, 0) is 12.1 Å². The third-order valence-electron chi connectivity index (χ3n) is 3.79. The van der Waals surface area contributed by atoms with E-state index in [-0.39, 0.29) is 5.78 Å². The second-order valence-corrected chi connectivity index (χ2v) is 7.42. The average molecular weight is 326 g/mol. The molecule has 7 heteroatoms. The van der Waals surface area contributed by atoms with Gasteiger partial charge >= 0.3 is 0 Å². The maximum absolute atomic E-state index is 12.3. The highest BCUT2D eigenvalue weighted by molar-refractivity contribution is 7.92. The van der Waals surface area contributed by atoms with Crippen LogP contribution in [0.1, 0.15) is 16.8 Å². The van der Waals surface area contributed by atoms with Gasteiger partial charge in [-0.1, -0.05) is 12.1 Å². The SMILES string of the molecule is CN(c1cccc(C(=O)CCN2CCOCC2)c1)S(C)(=O)=O. The van der Waals surface area contributed by atoms with Crippen molar-refractivity contribution in [1.82, 2.24) is 4.90 Å². The largest absolute Gasteiger partial charge is 0.379 e. The van der Waals surface area contributed by atoms with Gasteiger partial charge < -0.3 is 4.74 Å². The van der Waals surface area contributed by atoms with Crippen molar-refractivity contribution in [3.8, 4) is 0 Å². The lowest BCUT2D eigenvalue weighted by atomic mass is 10.1. The third-order valence-corrected chi connectivity index (χ3v) is 4.99. The summed E-state index contributed by atoms with van der Waals surface area (Å²) in [6, 6.07) is 6.74. The lowest BCUT2D eigenvalue weighted by Gasteiger charge is -2.26. The second kappa shape index (κ2) is 7.21. The Bertz CT molecular complexity index is 624. The number of hydrogen-bond donors (Lipinski definition) is 0. The van der Waals surface area contributed by atoms with Crippen LogP contribution in [-0.4, -0.2) is 65.3 Å². The molecule has 1 aliphatic heterocycles. The molecule has 0 spiro atoms. The van der Waals surface area contributed by atoms with Crippen molar-refractivity contribution in [1.29, 1.82) is 0 Å². The molecule has 0 amide bonds. The minimum atomic E-state index is -3.33. The molecule has 0 aromatic heterocycles. The Morgan fingerprint density at radius 3 is 2.64 bits per heavy atom. The molecule has 0 radical (unpaired) electrons. The average Bonchev–Trinajstić information content (AvgIpc) is 2.52. The Morgan fingerprint density at radius 2 is 2.00 bits per heavy atom. The molecule has 1 heterocycles. The lowest BCUT2D eigenvalue weighted by Crippen LogP contribution is -2.37. The molecule has 1 saturated heterocycles. The van der Waals surface area contributed by atoms with Gasteiger partial charge in [-0.2, -0.15) is 0 Å². The molecule has 22 heavy (non-hydrogen) atoms. The standard InChI is InChI=1S/C15H22N2O4S/c1-16(22(2,19)20)14-5-3-4-13(12-14)15(18)6-7-17-8-10-21-11-9-17/h3-5,12H,6-11H2,1-2H3. The van der Waals surface area contributed by atoms with E-state index < -0.39 is 10.0 Å². The molecule has 1 fully saturated rings. The van der Waals surface area contributed by atoms with Crippen molar-refractivity contribution in [2.45, 2.75) is 6.42 Å². The Hall–Kier alpha value is -1.44. The van der Waals surface area contributed by atoms with Gasteiger partial charge in [-0.25, -0.2) is 8.42 Å². The molecule has 1 aromatic carbocycles. The first-order valence-corrected chi connectivity index (χ1v) is 9.10. The topological polar surface area (TPSA) is 66.9 Å². The van der Waals surface area contributed by atoms with Crippen LogP contribution in [0.2, 0.25) is 0 Å². The van der Waals surface area contributed by atoms with E-state index in [1.54, 1.807) is 24.3 Å². The Morgan fingerprint density at radius 1 is 1.32 bits per heavy atom.